The van der Waals surface area contributed by atoms with Crippen LogP contribution in [0.1, 0.15) is 11.1 Å². The maximum absolute atomic E-state index is 5.97. The van der Waals surface area contributed by atoms with Crippen LogP contribution in [0.2, 0.25) is 0 Å². The molecular weight excluding hydrogens is 286 g/mol. The lowest BCUT2D eigenvalue weighted by atomic mass is 10.2. The number of nitrogen functional groups attached to an aromatic ring is 1. The maximum Gasteiger partial charge on any atom is 0.229 e. The number of benzene rings is 2. The molecule has 0 saturated heterocycles. The number of aromatic nitrogens is 2. The number of hydrogen-bond donors (Lipinski definition) is 3. The van der Waals surface area contributed by atoms with Crippen LogP contribution in [0, 0.1) is 13.8 Å². The molecule has 0 saturated carbocycles. The van der Waals surface area contributed by atoms with Crippen molar-refractivity contribution in [1.29, 1.82) is 0 Å². The van der Waals surface area contributed by atoms with Crippen LogP contribution in [-0.4, -0.2) is 9.97 Å². The van der Waals surface area contributed by atoms with Crippen molar-refractivity contribution < 1.29 is 0 Å². The number of nitrogens with one attached hydrogen (secondary N) is 2. The minimum absolute atomic E-state index is 0.498. The Morgan fingerprint density at radius 2 is 1.30 bits per heavy atom. The minimum Gasteiger partial charge on any atom is -0.394 e. The Bertz CT molecular complexity index is 795. The highest BCUT2D eigenvalue weighted by molar-refractivity contribution is 5.70. The van der Waals surface area contributed by atoms with E-state index in [1.165, 1.54) is 11.1 Å². The summed E-state index contributed by atoms with van der Waals surface area (Å²) >= 11 is 0. The SMILES string of the molecule is Cc1ccc(Nc2ncc(N)c(Nc3ccc(C)cc3)n2)cc1. The van der Waals surface area contributed by atoms with Crippen molar-refractivity contribution in [2.75, 3.05) is 16.4 Å². The number of aryl methyl sites for hydroxylation is 2. The topological polar surface area (TPSA) is 75.9 Å². The summed E-state index contributed by atoms with van der Waals surface area (Å²) in [6, 6.07) is 16.1. The molecule has 1 heterocycles. The lowest BCUT2D eigenvalue weighted by Gasteiger charge is -2.11. The molecule has 0 fully saturated rings. The van der Waals surface area contributed by atoms with Crippen molar-refractivity contribution in [3.63, 3.8) is 0 Å². The Labute approximate surface area is 135 Å². The van der Waals surface area contributed by atoms with Gasteiger partial charge in [-0.05, 0) is 38.1 Å². The van der Waals surface area contributed by atoms with Crippen LogP contribution in [0.15, 0.2) is 54.7 Å². The summed E-state index contributed by atoms with van der Waals surface area (Å²) in [6.45, 7) is 4.10. The molecule has 0 spiro atoms. The van der Waals surface area contributed by atoms with E-state index >= 15 is 0 Å². The number of rotatable bonds is 4. The summed E-state index contributed by atoms with van der Waals surface area (Å²) in [5, 5.41) is 6.39. The van der Waals surface area contributed by atoms with E-state index < -0.39 is 0 Å². The first-order chi connectivity index (χ1) is 11.1. The molecule has 1 aromatic heterocycles. The van der Waals surface area contributed by atoms with Gasteiger partial charge in [0.2, 0.25) is 5.95 Å². The van der Waals surface area contributed by atoms with Gasteiger partial charge in [0, 0.05) is 11.4 Å². The van der Waals surface area contributed by atoms with E-state index in [0.717, 1.165) is 11.4 Å². The van der Waals surface area contributed by atoms with E-state index in [1.54, 1.807) is 6.20 Å². The molecule has 4 N–H and O–H groups in total. The first-order valence-corrected chi connectivity index (χ1v) is 7.40. The Kier molecular flexibility index (Phi) is 4.10. The second-order valence-electron chi connectivity index (χ2n) is 5.48. The van der Waals surface area contributed by atoms with Gasteiger partial charge in [-0.3, -0.25) is 0 Å². The summed E-state index contributed by atoms with van der Waals surface area (Å²) < 4.78 is 0. The molecule has 5 nitrogen and oxygen atoms in total. The molecule has 3 aromatic rings. The number of anilines is 5. The molecule has 0 unspecified atom stereocenters. The number of nitrogens with two attached hydrogens (primary N) is 1. The Morgan fingerprint density at radius 3 is 1.87 bits per heavy atom. The molecular formula is C18H19N5. The van der Waals surface area contributed by atoms with E-state index in [9.17, 15) is 0 Å². The maximum atomic E-state index is 5.97. The monoisotopic (exact) mass is 305 g/mol. The third-order valence-electron chi connectivity index (χ3n) is 3.44. The van der Waals surface area contributed by atoms with Crippen molar-refractivity contribution in [2.45, 2.75) is 13.8 Å². The largest absolute Gasteiger partial charge is 0.394 e. The van der Waals surface area contributed by atoms with E-state index in [2.05, 4.69) is 20.6 Å². The van der Waals surface area contributed by atoms with Gasteiger partial charge in [-0.2, -0.15) is 4.98 Å². The van der Waals surface area contributed by atoms with Crippen molar-refractivity contribution in [3.05, 3.63) is 65.9 Å². The summed E-state index contributed by atoms with van der Waals surface area (Å²) in [5.74, 6) is 1.08. The highest BCUT2D eigenvalue weighted by Gasteiger charge is 2.05. The van der Waals surface area contributed by atoms with Crippen molar-refractivity contribution in [3.8, 4) is 0 Å². The van der Waals surface area contributed by atoms with Gasteiger partial charge in [0.05, 0.1) is 11.9 Å². The molecule has 0 aliphatic rings. The molecule has 0 radical (unpaired) electrons. The first-order valence-electron chi connectivity index (χ1n) is 7.40. The van der Waals surface area contributed by atoms with E-state index in [4.69, 9.17) is 5.73 Å². The van der Waals surface area contributed by atoms with Gasteiger partial charge in [-0.1, -0.05) is 35.4 Å². The Hall–Kier alpha value is -3.08. The van der Waals surface area contributed by atoms with Crippen LogP contribution >= 0.6 is 0 Å². The molecule has 0 bridgehead atoms. The van der Waals surface area contributed by atoms with E-state index in [1.807, 2.05) is 62.4 Å². The van der Waals surface area contributed by atoms with Gasteiger partial charge >= 0.3 is 0 Å². The smallest absolute Gasteiger partial charge is 0.229 e. The fourth-order valence-corrected chi connectivity index (χ4v) is 2.09. The summed E-state index contributed by atoms with van der Waals surface area (Å²) in [5.41, 5.74) is 10.7. The van der Waals surface area contributed by atoms with Gasteiger partial charge in [0.15, 0.2) is 5.82 Å². The van der Waals surface area contributed by atoms with Crippen LogP contribution < -0.4 is 16.4 Å². The molecule has 3 rings (SSSR count). The molecule has 5 heteroatoms. The standard InChI is InChI=1S/C18H19N5/c1-12-3-7-14(8-4-12)21-17-16(19)11-20-18(23-17)22-15-9-5-13(2)6-10-15/h3-11H,19H2,1-2H3,(H2,20,21,22,23). The number of nitrogens with zero attached hydrogens (tertiary/aromatic N) is 2. The number of hydrogen-bond acceptors (Lipinski definition) is 5. The van der Waals surface area contributed by atoms with Gasteiger partial charge < -0.3 is 16.4 Å². The normalized spacial score (nSPS) is 10.3. The summed E-state index contributed by atoms with van der Waals surface area (Å²) in [6.07, 6.45) is 1.60. The molecule has 0 aliphatic carbocycles. The fourth-order valence-electron chi connectivity index (χ4n) is 2.09. The van der Waals surface area contributed by atoms with Crippen LogP contribution in [0.3, 0.4) is 0 Å². The lowest BCUT2D eigenvalue weighted by Crippen LogP contribution is -2.04. The molecule has 0 aliphatic heterocycles. The second-order valence-corrected chi connectivity index (χ2v) is 5.48. The lowest BCUT2D eigenvalue weighted by molar-refractivity contribution is 1.17. The average molecular weight is 305 g/mol. The third kappa shape index (κ3) is 3.77. The highest BCUT2D eigenvalue weighted by atomic mass is 15.2. The predicted molar refractivity (Wildman–Crippen MR) is 95.4 cm³/mol. The van der Waals surface area contributed by atoms with Gasteiger partial charge in [-0.25, -0.2) is 4.98 Å². The molecule has 0 amide bonds. The predicted octanol–water partition coefficient (Wildman–Crippen LogP) is 4.16. The van der Waals surface area contributed by atoms with Crippen LogP contribution in [0.5, 0.6) is 0 Å². The summed E-state index contributed by atoms with van der Waals surface area (Å²) in [7, 11) is 0. The first kappa shape index (κ1) is 14.8. The van der Waals surface area contributed by atoms with E-state index in [0.29, 0.717) is 17.5 Å². The fraction of sp³-hybridized carbons (Fsp3) is 0.111. The second kappa shape index (κ2) is 6.36. The summed E-state index contributed by atoms with van der Waals surface area (Å²) in [4.78, 5) is 8.67. The average Bonchev–Trinajstić information content (AvgIpc) is 2.55. The van der Waals surface area contributed by atoms with Crippen LogP contribution in [0.25, 0.3) is 0 Å². The molecule has 116 valence electrons. The zero-order chi connectivity index (χ0) is 16.2. The highest BCUT2D eigenvalue weighted by Crippen LogP contribution is 2.23. The Morgan fingerprint density at radius 1 is 0.783 bits per heavy atom. The third-order valence-corrected chi connectivity index (χ3v) is 3.44. The van der Waals surface area contributed by atoms with Crippen molar-refractivity contribution in [1.82, 2.24) is 9.97 Å². The van der Waals surface area contributed by atoms with Crippen molar-refractivity contribution >= 4 is 28.8 Å². The molecule has 0 atom stereocenters. The zero-order valence-electron chi connectivity index (χ0n) is 13.2. The minimum atomic E-state index is 0.498. The quantitative estimate of drug-likeness (QED) is 0.674. The van der Waals surface area contributed by atoms with Gasteiger partial charge in [0.25, 0.3) is 0 Å². The molecule has 23 heavy (non-hydrogen) atoms. The van der Waals surface area contributed by atoms with Crippen LogP contribution in [-0.2, 0) is 0 Å². The van der Waals surface area contributed by atoms with Crippen molar-refractivity contribution in [2.24, 2.45) is 0 Å². The molecule has 2 aromatic carbocycles. The van der Waals surface area contributed by atoms with Crippen LogP contribution in [0.4, 0.5) is 28.8 Å². The Balaban J connectivity index is 1.81. The van der Waals surface area contributed by atoms with E-state index in [-0.39, 0.29) is 0 Å². The van der Waals surface area contributed by atoms with Gasteiger partial charge in [0.1, 0.15) is 0 Å². The van der Waals surface area contributed by atoms with Gasteiger partial charge in [-0.15, -0.1) is 0 Å². The zero-order valence-corrected chi connectivity index (χ0v) is 13.2.